The van der Waals surface area contributed by atoms with Gasteiger partial charge in [0.05, 0.1) is 12.1 Å². The summed E-state index contributed by atoms with van der Waals surface area (Å²) in [5.41, 5.74) is 7.31. The van der Waals surface area contributed by atoms with Crippen molar-refractivity contribution in [2.75, 3.05) is 32.7 Å². The number of carbonyl (C=O) groups is 1. The lowest BCUT2D eigenvalue weighted by molar-refractivity contribution is 0.0653. The van der Waals surface area contributed by atoms with Gasteiger partial charge in [-0.05, 0) is 17.9 Å². The van der Waals surface area contributed by atoms with Crippen LogP contribution in [-0.4, -0.2) is 59.5 Å². The number of rotatable bonds is 3. The number of piperazine rings is 1. The third kappa shape index (κ3) is 3.24. The largest absolute Gasteiger partial charge is 0.409 e. The molecule has 0 unspecified atom stereocenters. The second-order valence-electron chi connectivity index (χ2n) is 4.63. The number of carbonyl (C=O) groups excluding carboxylic acids is 1. The lowest BCUT2D eigenvalue weighted by Crippen LogP contribution is -2.50. The summed E-state index contributed by atoms with van der Waals surface area (Å²) in [5.74, 6) is 0.302. The van der Waals surface area contributed by atoms with E-state index in [9.17, 15) is 4.79 Å². The molecule has 0 radical (unpaired) electrons. The molecule has 7 heteroatoms. The summed E-state index contributed by atoms with van der Waals surface area (Å²) >= 11 is 1.55. The van der Waals surface area contributed by atoms with Gasteiger partial charge in [0.1, 0.15) is 0 Å². The number of amidine groups is 1. The molecule has 0 saturated carbocycles. The van der Waals surface area contributed by atoms with Crippen molar-refractivity contribution in [3.63, 3.8) is 0 Å². The molecule has 6 nitrogen and oxygen atoms in total. The van der Waals surface area contributed by atoms with Gasteiger partial charge in [-0.2, -0.15) is 11.3 Å². The highest BCUT2D eigenvalue weighted by Gasteiger charge is 2.23. The van der Waals surface area contributed by atoms with Crippen LogP contribution in [0.4, 0.5) is 0 Å². The summed E-state index contributed by atoms with van der Waals surface area (Å²) < 4.78 is 0. The fourth-order valence-electron chi connectivity index (χ4n) is 2.12. The van der Waals surface area contributed by atoms with Crippen LogP contribution in [0.5, 0.6) is 0 Å². The topological polar surface area (TPSA) is 82.2 Å². The Balaban J connectivity index is 1.90. The first-order chi connectivity index (χ1) is 9.11. The zero-order valence-electron chi connectivity index (χ0n) is 10.9. The summed E-state index contributed by atoms with van der Waals surface area (Å²) in [4.78, 5) is 16.2. The zero-order chi connectivity index (χ0) is 13.8. The third-order valence-electron chi connectivity index (χ3n) is 3.26. The maximum absolute atomic E-state index is 12.3. The molecule has 2 rings (SSSR count). The van der Waals surface area contributed by atoms with Crippen molar-refractivity contribution in [2.24, 2.45) is 10.9 Å². The van der Waals surface area contributed by atoms with E-state index in [0.29, 0.717) is 19.6 Å². The lowest BCUT2D eigenvalue weighted by Gasteiger charge is -2.34. The molecule has 1 aliphatic rings. The number of amides is 1. The van der Waals surface area contributed by atoms with Crippen LogP contribution in [0.2, 0.25) is 0 Å². The zero-order valence-corrected chi connectivity index (χ0v) is 11.7. The fraction of sp³-hybridized carbons (Fsp3) is 0.500. The molecule has 0 spiro atoms. The van der Waals surface area contributed by atoms with Gasteiger partial charge in [0.25, 0.3) is 5.91 Å². The molecular weight excluding hydrogens is 264 g/mol. The van der Waals surface area contributed by atoms with E-state index in [2.05, 4.69) is 10.1 Å². The van der Waals surface area contributed by atoms with E-state index in [0.717, 1.165) is 24.2 Å². The Hall–Kier alpha value is -1.60. The van der Waals surface area contributed by atoms with Crippen molar-refractivity contribution in [1.29, 1.82) is 0 Å². The molecular formula is C12H18N4O2S. The van der Waals surface area contributed by atoms with Crippen molar-refractivity contribution >= 4 is 23.1 Å². The molecule has 1 aromatic rings. The maximum Gasteiger partial charge on any atom is 0.255 e. The molecule has 1 amide bonds. The van der Waals surface area contributed by atoms with Gasteiger partial charge in [-0.15, -0.1) is 0 Å². The van der Waals surface area contributed by atoms with Gasteiger partial charge in [-0.25, -0.2) is 0 Å². The van der Waals surface area contributed by atoms with Crippen molar-refractivity contribution in [2.45, 2.75) is 6.92 Å². The molecule has 19 heavy (non-hydrogen) atoms. The predicted molar refractivity (Wildman–Crippen MR) is 74.8 cm³/mol. The smallest absolute Gasteiger partial charge is 0.255 e. The first-order valence-electron chi connectivity index (χ1n) is 6.12. The van der Waals surface area contributed by atoms with E-state index >= 15 is 0 Å². The molecule has 2 heterocycles. The van der Waals surface area contributed by atoms with Gasteiger partial charge in [0.15, 0.2) is 5.84 Å². The number of hydrogen-bond acceptors (Lipinski definition) is 5. The molecule has 0 aromatic carbocycles. The Kier molecular flexibility index (Phi) is 4.39. The summed E-state index contributed by atoms with van der Waals surface area (Å²) in [7, 11) is 0. The third-order valence-corrected chi connectivity index (χ3v) is 4.12. The minimum absolute atomic E-state index is 0.0993. The van der Waals surface area contributed by atoms with Crippen molar-refractivity contribution in [3.05, 3.63) is 21.9 Å². The minimum atomic E-state index is 0.0993. The lowest BCUT2D eigenvalue weighted by atomic mass is 10.2. The average Bonchev–Trinajstić information content (AvgIpc) is 2.85. The van der Waals surface area contributed by atoms with E-state index in [4.69, 9.17) is 10.9 Å². The van der Waals surface area contributed by atoms with E-state index < -0.39 is 0 Å². The van der Waals surface area contributed by atoms with E-state index in [1.807, 2.05) is 22.6 Å². The number of nitrogens with two attached hydrogens (primary N) is 1. The molecule has 3 N–H and O–H groups in total. The van der Waals surface area contributed by atoms with Crippen LogP contribution in [0, 0.1) is 6.92 Å². The Bertz CT molecular complexity index is 478. The first-order valence-corrected chi connectivity index (χ1v) is 7.07. The van der Waals surface area contributed by atoms with Crippen LogP contribution in [0.3, 0.4) is 0 Å². The standard InChI is InChI=1S/C12H18N4O2S/c1-9-7-19-8-10(9)12(17)16-4-2-15(3-5-16)6-11(13)14-18/h7-8,18H,2-6H2,1H3,(H2,13,14). The molecule has 0 bridgehead atoms. The Morgan fingerprint density at radius 3 is 2.63 bits per heavy atom. The van der Waals surface area contributed by atoms with E-state index in [1.54, 1.807) is 11.3 Å². The van der Waals surface area contributed by atoms with Crippen molar-refractivity contribution < 1.29 is 10.0 Å². The minimum Gasteiger partial charge on any atom is -0.409 e. The number of hydrogen-bond donors (Lipinski definition) is 2. The molecule has 1 aliphatic heterocycles. The van der Waals surface area contributed by atoms with Crippen molar-refractivity contribution in [1.82, 2.24) is 9.80 Å². The number of thiophene rings is 1. The van der Waals surface area contributed by atoms with Crippen LogP contribution < -0.4 is 5.73 Å². The van der Waals surface area contributed by atoms with Crippen molar-refractivity contribution in [3.8, 4) is 0 Å². The maximum atomic E-state index is 12.3. The number of aryl methyl sites for hydroxylation is 1. The Morgan fingerprint density at radius 2 is 2.11 bits per heavy atom. The van der Waals surface area contributed by atoms with Crippen LogP contribution in [-0.2, 0) is 0 Å². The van der Waals surface area contributed by atoms with Crippen LogP contribution in [0.1, 0.15) is 15.9 Å². The summed E-state index contributed by atoms with van der Waals surface area (Å²) in [6.07, 6.45) is 0. The normalized spacial score (nSPS) is 17.7. The summed E-state index contributed by atoms with van der Waals surface area (Å²) in [6.45, 7) is 5.23. The Morgan fingerprint density at radius 1 is 1.42 bits per heavy atom. The van der Waals surface area contributed by atoms with Gasteiger partial charge < -0.3 is 15.8 Å². The van der Waals surface area contributed by atoms with Crippen LogP contribution in [0.15, 0.2) is 15.9 Å². The molecule has 0 aliphatic carbocycles. The quantitative estimate of drug-likeness (QED) is 0.367. The van der Waals surface area contributed by atoms with E-state index in [1.165, 1.54) is 0 Å². The number of nitrogens with zero attached hydrogens (tertiary/aromatic N) is 3. The number of oxime groups is 1. The molecule has 1 aromatic heterocycles. The molecule has 0 atom stereocenters. The fourth-order valence-corrected chi connectivity index (χ4v) is 2.94. The van der Waals surface area contributed by atoms with Gasteiger partial charge in [0.2, 0.25) is 0 Å². The van der Waals surface area contributed by atoms with Gasteiger partial charge in [-0.1, -0.05) is 5.16 Å². The second-order valence-corrected chi connectivity index (χ2v) is 5.37. The highest BCUT2D eigenvalue weighted by atomic mass is 32.1. The van der Waals surface area contributed by atoms with Crippen LogP contribution in [0.25, 0.3) is 0 Å². The molecule has 104 valence electrons. The molecule has 1 saturated heterocycles. The molecule has 1 fully saturated rings. The first kappa shape index (κ1) is 13.8. The van der Waals surface area contributed by atoms with Gasteiger partial charge in [0, 0.05) is 31.6 Å². The van der Waals surface area contributed by atoms with Gasteiger partial charge in [-0.3, -0.25) is 9.69 Å². The monoisotopic (exact) mass is 282 g/mol. The average molecular weight is 282 g/mol. The second kappa shape index (κ2) is 6.03. The summed E-state index contributed by atoms with van der Waals surface area (Å²) in [6, 6.07) is 0. The predicted octanol–water partition coefficient (Wildman–Crippen LogP) is 0.561. The van der Waals surface area contributed by atoms with Gasteiger partial charge >= 0.3 is 0 Å². The highest BCUT2D eigenvalue weighted by molar-refractivity contribution is 7.08. The summed E-state index contributed by atoms with van der Waals surface area (Å²) in [5, 5.41) is 15.4. The van der Waals surface area contributed by atoms with E-state index in [-0.39, 0.29) is 11.7 Å². The van der Waals surface area contributed by atoms with Crippen LogP contribution >= 0.6 is 11.3 Å². The highest BCUT2D eigenvalue weighted by Crippen LogP contribution is 2.17. The SMILES string of the molecule is Cc1cscc1C(=O)N1CCN(CC(N)=NO)CC1. The Labute approximate surface area is 116 Å².